The van der Waals surface area contributed by atoms with Gasteiger partial charge in [-0.15, -0.1) is 11.3 Å². The largest absolute Gasteiger partial charge is 0.324 e. The van der Waals surface area contributed by atoms with E-state index in [-0.39, 0.29) is 6.04 Å². The standard InChI is InChI=1S/C14H21N3S/c1-4-10-6-7-11(18-10)8-13(15)12-9-17(3)16-14(12)5-2/h6-7,9,13H,4-5,8,15H2,1-3H3. The average molecular weight is 263 g/mol. The van der Waals surface area contributed by atoms with Crippen LogP contribution >= 0.6 is 11.3 Å². The third-order valence-electron chi connectivity index (χ3n) is 3.16. The van der Waals surface area contributed by atoms with Crippen LogP contribution in [0.1, 0.15) is 40.9 Å². The Morgan fingerprint density at radius 1 is 1.28 bits per heavy atom. The predicted octanol–water partition coefficient (Wildman–Crippen LogP) is 2.85. The first-order valence-electron chi connectivity index (χ1n) is 6.49. The van der Waals surface area contributed by atoms with Crippen LogP contribution < -0.4 is 5.73 Å². The summed E-state index contributed by atoms with van der Waals surface area (Å²) in [5, 5.41) is 4.45. The molecule has 0 aliphatic carbocycles. The van der Waals surface area contributed by atoms with Gasteiger partial charge in [-0.3, -0.25) is 4.68 Å². The Kier molecular flexibility index (Phi) is 4.19. The molecule has 0 aromatic carbocycles. The highest BCUT2D eigenvalue weighted by atomic mass is 32.1. The summed E-state index contributed by atoms with van der Waals surface area (Å²) in [5.41, 5.74) is 8.63. The molecule has 2 rings (SSSR count). The number of nitrogens with two attached hydrogens (primary N) is 1. The molecule has 18 heavy (non-hydrogen) atoms. The first kappa shape index (κ1) is 13.3. The number of hydrogen-bond donors (Lipinski definition) is 1. The van der Waals surface area contributed by atoms with Gasteiger partial charge in [0.25, 0.3) is 0 Å². The van der Waals surface area contributed by atoms with E-state index in [1.807, 2.05) is 23.1 Å². The van der Waals surface area contributed by atoms with Gasteiger partial charge in [0.1, 0.15) is 0 Å². The van der Waals surface area contributed by atoms with E-state index in [2.05, 4.69) is 37.3 Å². The maximum atomic E-state index is 6.32. The van der Waals surface area contributed by atoms with Crippen LogP contribution in [0.2, 0.25) is 0 Å². The first-order chi connectivity index (χ1) is 8.63. The molecule has 1 atom stereocenters. The lowest BCUT2D eigenvalue weighted by atomic mass is 10.0. The third-order valence-corrected chi connectivity index (χ3v) is 4.41. The molecule has 3 nitrogen and oxygen atoms in total. The molecule has 2 aromatic heterocycles. The summed E-state index contributed by atoms with van der Waals surface area (Å²) in [7, 11) is 1.95. The second-order valence-electron chi connectivity index (χ2n) is 4.59. The third kappa shape index (κ3) is 2.82. The van der Waals surface area contributed by atoms with E-state index < -0.39 is 0 Å². The van der Waals surface area contributed by atoms with Crippen molar-refractivity contribution in [1.82, 2.24) is 9.78 Å². The molecule has 0 aliphatic heterocycles. The molecule has 0 amide bonds. The number of aromatic nitrogens is 2. The molecule has 0 fully saturated rings. The van der Waals surface area contributed by atoms with Crippen molar-refractivity contribution in [2.75, 3.05) is 0 Å². The molecule has 0 saturated carbocycles. The molecule has 2 heterocycles. The summed E-state index contributed by atoms with van der Waals surface area (Å²) in [6, 6.07) is 4.46. The minimum absolute atomic E-state index is 0.0528. The molecule has 4 heteroatoms. The van der Waals surface area contributed by atoms with Crippen molar-refractivity contribution in [1.29, 1.82) is 0 Å². The molecule has 98 valence electrons. The van der Waals surface area contributed by atoms with E-state index in [1.165, 1.54) is 15.3 Å². The number of rotatable bonds is 5. The summed E-state index contributed by atoms with van der Waals surface area (Å²) >= 11 is 1.87. The van der Waals surface area contributed by atoms with Crippen LogP contribution in [0.15, 0.2) is 18.3 Å². The summed E-state index contributed by atoms with van der Waals surface area (Å²) in [6.07, 6.45) is 5.00. The van der Waals surface area contributed by atoms with E-state index >= 15 is 0 Å². The zero-order valence-corrected chi connectivity index (χ0v) is 12.1. The number of aryl methyl sites for hydroxylation is 3. The number of nitrogens with zero attached hydrogens (tertiary/aromatic N) is 2. The highest BCUT2D eigenvalue weighted by molar-refractivity contribution is 7.11. The molecular formula is C14H21N3S. The molecule has 0 spiro atoms. The van der Waals surface area contributed by atoms with E-state index in [1.54, 1.807) is 0 Å². The van der Waals surface area contributed by atoms with Crippen molar-refractivity contribution in [3.63, 3.8) is 0 Å². The first-order valence-corrected chi connectivity index (χ1v) is 7.31. The molecule has 1 unspecified atom stereocenters. The lowest BCUT2D eigenvalue weighted by Gasteiger charge is -2.09. The Morgan fingerprint density at radius 2 is 2.00 bits per heavy atom. The van der Waals surface area contributed by atoms with Crippen molar-refractivity contribution < 1.29 is 0 Å². The fourth-order valence-corrected chi connectivity index (χ4v) is 3.20. The zero-order valence-electron chi connectivity index (χ0n) is 11.3. The monoisotopic (exact) mass is 263 g/mol. The lowest BCUT2D eigenvalue weighted by molar-refractivity contribution is 0.719. The summed E-state index contributed by atoms with van der Waals surface area (Å²) in [5.74, 6) is 0. The molecule has 2 aromatic rings. The van der Waals surface area contributed by atoms with Crippen LogP contribution in [0.3, 0.4) is 0 Å². The van der Waals surface area contributed by atoms with E-state index in [9.17, 15) is 0 Å². The average Bonchev–Trinajstić information content (AvgIpc) is 2.95. The maximum absolute atomic E-state index is 6.32. The fourth-order valence-electron chi connectivity index (χ4n) is 2.19. The van der Waals surface area contributed by atoms with Crippen molar-refractivity contribution >= 4 is 11.3 Å². The topological polar surface area (TPSA) is 43.8 Å². The maximum Gasteiger partial charge on any atom is 0.0669 e. The van der Waals surface area contributed by atoms with Gasteiger partial charge in [0.15, 0.2) is 0 Å². The molecule has 0 radical (unpaired) electrons. The summed E-state index contributed by atoms with van der Waals surface area (Å²) in [4.78, 5) is 2.80. The van der Waals surface area contributed by atoms with Gasteiger partial charge in [-0.25, -0.2) is 0 Å². The lowest BCUT2D eigenvalue weighted by Crippen LogP contribution is -2.13. The van der Waals surface area contributed by atoms with Crippen LogP contribution in [0.5, 0.6) is 0 Å². The minimum Gasteiger partial charge on any atom is -0.324 e. The summed E-state index contributed by atoms with van der Waals surface area (Å²) < 4.78 is 1.86. The van der Waals surface area contributed by atoms with Gasteiger partial charge < -0.3 is 5.73 Å². The van der Waals surface area contributed by atoms with Crippen molar-refractivity contribution in [3.05, 3.63) is 39.3 Å². The van der Waals surface area contributed by atoms with Crippen LogP contribution in [0.4, 0.5) is 0 Å². The van der Waals surface area contributed by atoms with Crippen LogP contribution in [-0.4, -0.2) is 9.78 Å². The van der Waals surface area contributed by atoms with Gasteiger partial charge >= 0.3 is 0 Å². The van der Waals surface area contributed by atoms with Crippen LogP contribution in [0, 0.1) is 0 Å². The second kappa shape index (κ2) is 5.67. The Hall–Kier alpha value is -1.13. The summed E-state index contributed by atoms with van der Waals surface area (Å²) in [6.45, 7) is 4.31. The van der Waals surface area contributed by atoms with E-state index in [0.717, 1.165) is 25.0 Å². The second-order valence-corrected chi connectivity index (χ2v) is 5.84. The van der Waals surface area contributed by atoms with Gasteiger partial charge in [0.2, 0.25) is 0 Å². The Balaban J connectivity index is 2.13. The number of thiophene rings is 1. The van der Waals surface area contributed by atoms with Crippen molar-refractivity contribution in [2.45, 2.75) is 39.2 Å². The highest BCUT2D eigenvalue weighted by Crippen LogP contribution is 2.24. The molecular weight excluding hydrogens is 242 g/mol. The zero-order chi connectivity index (χ0) is 13.1. The predicted molar refractivity (Wildman–Crippen MR) is 76.9 cm³/mol. The quantitative estimate of drug-likeness (QED) is 0.901. The Labute approximate surface area is 113 Å². The molecule has 2 N–H and O–H groups in total. The molecule has 0 aliphatic rings. The van der Waals surface area contributed by atoms with Gasteiger partial charge in [-0.1, -0.05) is 13.8 Å². The smallest absolute Gasteiger partial charge is 0.0669 e. The molecule has 0 bridgehead atoms. The Bertz CT molecular complexity index is 513. The highest BCUT2D eigenvalue weighted by Gasteiger charge is 2.15. The molecule has 0 saturated heterocycles. The Morgan fingerprint density at radius 3 is 2.61 bits per heavy atom. The van der Waals surface area contributed by atoms with E-state index in [0.29, 0.717) is 0 Å². The number of hydrogen-bond acceptors (Lipinski definition) is 3. The van der Waals surface area contributed by atoms with Gasteiger partial charge in [0, 0.05) is 41.0 Å². The minimum atomic E-state index is 0.0528. The van der Waals surface area contributed by atoms with Gasteiger partial charge in [-0.2, -0.15) is 5.10 Å². The van der Waals surface area contributed by atoms with Crippen LogP contribution in [0.25, 0.3) is 0 Å². The van der Waals surface area contributed by atoms with Crippen LogP contribution in [-0.2, 0) is 26.3 Å². The SMILES string of the molecule is CCc1ccc(CC(N)c2cn(C)nc2CC)s1. The normalized spacial score (nSPS) is 12.9. The van der Waals surface area contributed by atoms with Crippen molar-refractivity contribution in [3.8, 4) is 0 Å². The van der Waals surface area contributed by atoms with Gasteiger partial charge in [-0.05, 0) is 25.0 Å². The van der Waals surface area contributed by atoms with E-state index in [4.69, 9.17) is 5.73 Å². The fraction of sp³-hybridized carbons (Fsp3) is 0.500. The van der Waals surface area contributed by atoms with Gasteiger partial charge in [0.05, 0.1) is 5.69 Å². The van der Waals surface area contributed by atoms with Crippen molar-refractivity contribution in [2.24, 2.45) is 12.8 Å².